The molecule has 0 N–H and O–H groups in total. The van der Waals surface area contributed by atoms with Crippen LogP contribution >= 0.6 is 0 Å². The van der Waals surface area contributed by atoms with Gasteiger partial charge in [0.15, 0.2) is 0 Å². The van der Waals surface area contributed by atoms with Crippen LogP contribution < -0.4 is 0 Å². The first-order valence-corrected chi connectivity index (χ1v) is 5.24. The third kappa shape index (κ3) is 4.66. The van der Waals surface area contributed by atoms with Gasteiger partial charge in [-0.25, -0.2) is 0 Å². The lowest BCUT2D eigenvalue weighted by Gasteiger charge is -2.38. The highest BCUT2D eigenvalue weighted by atomic mass is 16.5. The Morgan fingerprint density at radius 3 is 1.77 bits per heavy atom. The van der Waals surface area contributed by atoms with Crippen LogP contribution in [0.3, 0.4) is 0 Å². The zero-order valence-electron chi connectivity index (χ0n) is 10.4. The SMILES string of the molecule is CC(C)COCC(C)(C)C(C)(C)C. The van der Waals surface area contributed by atoms with Gasteiger partial charge in [-0.3, -0.25) is 0 Å². The van der Waals surface area contributed by atoms with Gasteiger partial charge in [-0.05, 0) is 16.7 Å². The summed E-state index contributed by atoms with van der Waals surface area (Å²) in [5.41, 5.74) is 0.561. The lowest BCUT2D eigenvalue weighted by atomic mass is 9.70. The summed E-state index contributed by atoms with van der Waals surface area (Å²) in [5.74, 6) is 0.635. The molecular weight excluding hydrogens is 160 g/mol. The molecule has 13 heavy (non-hydrogen) atoms. The molecule has 1 heteroatoms. The fourth-order valence-corrected chi connectivity index (χ4v) is 0.766. The molecule has 0 atom stereocenters. The zero-order chi connectivity index (χ0) is 10.7. The molecule has 0 fully saturated rings. The predicted octanol–water partition coefficient (Wildman–Crippen LogP) is 3.73. The van der Waals surface area contributed by atoms with E-state index >= 15 is 0 Å². The van der Waals surface area contributed by atoms with E-state index in [1.54, 1.807) is 0 Å². The third-order valence-electron chi connectivity index (χ3n) is 2.94. The Morgan fingerprint density at radius 1 is 1.00 bits per heavy atom. The van der Waals surface area contributed by atoms with Crippen molar-refractivity contribution >= 4 is 0 Å². The highest BCUT2D eigenvalue weighted by Gasteiger charge is 2.32. The molecule has 0 aliphatic rings. The second-order valence-corrected chi connectivity index (χ2v) is 6.04. The normalized spacial score (nSPS) is 13.8. The van der Waals surface area contributed by atoms with Crippen molar-refractivity contribution in [2.45, 2.75) is 48.5 Å². The van der Waals surface area contributed by atoms with Crippen molar-refractivity contribution in [2.75, 3.05) is 13.2 Å². The Hall–Kier alpha value is -0.0400. The van der Waals surface area contributed by atoms with E-state index in [0.717, 1.165) is 13.2 Å². The van der Waals surface area contributed by atoms with E-state index < -0.39 is 0 Å². The summed E-state index contributed by atoms with van der Waals surface area (Å²) in [6.07, 6.45) is 0. The molecule has 80 valence electrons. The Morgan fingerprint density at radius 2 is 1.46 bits per heavy atom. The van der Waals surface area contributed by atoms with Gasteiger partial charge in [0.1, 0.15) is 0 Å². The summed E-state index contributed by atoms with van der Waals surface area (Å²) in [6.45, 7) is 17.5. The minimum atomic E-state index is 0.252. The topological polar surface area (TPSA) is 9.23 Å². The highest BCUT2D eigenvalue weighted by Crippen LogP contribution is 2.37. The van der Waals surface area contributed by atoms with Crippen LogP contribution in [-0.2, 0) is 4.74 Å². The monoisotopic (exact) mass is 186 g/mol. The Kier molecular flexibility index (Phi) is 4.44. The maximum atomic E-state index is 5.69. The summed E-state index contributed by atoms with van der Waals surface area (Å²) < 4.78 is 5.69. The minimum Gasteiger partial charge on any atom is -0.381 e. The first-order valence-electron chi connectivity index (χ1n) is 5.24. The van der Waals surface area contributed by atoms with Crippen LogP contribution in [0.5, 0.6) is 0 Å². The average molecular weight is 186 g/mol. The first kappa shape index (κ1) is 13.0. The third-order valence-corrected chi connectivity index (χ3v) is 2.94. The van der Waals surface area contributed by atoms with Crippen LogP contribution in [0.2, 0.25) is 0 Å². The van der Waals surface area contributed by atoms with Gasteiger partial charge >= 0.3 is 0 Å². The Bertz CT molecular complexity index is 140. The molecule has 0 heterocycles. The molecule has 0 amide bonds. The molecule has 0 aromatic rings. The van der Waals surface area contributed by atoms with E-state index in [4.69, 9.17) is 4.74 Å². The predicted molar refractivity (Wildman–Crippen MR) is 58.9 cm³/mol. The molecule has 0 rings (SSSR count). The maximum absolute atomic E-state index is 5.69. The molecule has 0 radical (unpaired) electrons. The number of hydrogen-bond acceptors (Lipinski definition) is 1. The summed E-state index contributed by atoms with van der Waals surface area (Å²) in [4.78, 5) is 0. The lowest BCUT2D eigenvalue weighted by Crippen LogP contribution is -2.34. The average Bonchev–Trinajstić information content (AvgIpc) is 1.82. The Labute approximate surface area is 83.9 Å². The molecule has 0 saturated carbocycles. The van der Waals surface area contributed by atoms with Crippen LogP contribution in [0.25, 0.3) is 0 Å². The Balaban J connectivity index is 3.90. The van der Waals surface area contributed by atoms with Gasteiger partial charge in [-0.1, -0.05) is 48.5 Å². The van der Waals surface area contributed by atoms with Crippen LogP contribution in [0.15, 0.2) is 0 Å². The van der Waals surface area contributed by atoms with Crippen molar-refractivity contribution < 1.29 is 4.74 Å². The van der Waals surface area contributed by atoms with Crippen molar-refractivity contribution in [2.24, 2.45) is 16.7 Å². The summed E-state index contributed by atoms with van der Waals surface area (Å²) in [5, 5.41) is 0. The van der Waals surface area contributed by atoms with Gasteiger partial charge in [-0.2, -0.15) is 0 Å². The quantitative estimate of drug-likeness (QED) is 0.650. The van der Waals surface area contributed by atoms with Crippen molar-refractivity contribution in [3.8, 4) is 0 Å². The minimum absolute atomic E-state index is 0.252. The first-order chi connectivity index (χ1) is 5.67. The molecule has 0 saturated heterocycles. The van der Waals surface area contributed by atoms with Gasteiger partial charge in [0.2, 0.25) is 0 Å². The summed E-state index contributed by atoms with van der Waals surface area (Å²) in [7, 11) is 0. The second-order valence-electron chi connectivity index (χ2n) is 6.04. The number of hydrogen-bond donors (Lipinski definition) is 0. The number of ether oxygens (including phenoxy) is 1. The molecule has 0 unspecified atom stereocenters. The van der Waals surface area contributed by atoms with Crippen molar-refractivity contribution in [3.63, 3.8) is 0 Å². The van der Waals surface area contributed by atoms with Gasteiger partial charge < -0.3 is 4.74 Å². The van der Waals surface area contributed by atoms with Crippen LogP contribution in [-0.4, -0.2) is 13.2 Å². The largest absolute Gasteiger partial charge is 0.381 e. The smallest absolute Gasteiger partial charge is 0.0522 e. The molecule has 0 aliphatic carbocycles. The van der Waals surface area contributed by atoms with Crippen LogP contribution in [0.4, 0.5) is 0 Å². The van der Waals surface area contributed by atoms with Gasteiger partial charge in [0, 0.05) is 6.61 Å². The van der Waals surface area contributed by atoms with E-state index in [-0.39, 0.29) is 5.41 Å². The molecule has 1 nitrogen and oxygen atoms in total. The fraction of sp³-hybridized carbons (Fsp3) is 1.00. The molecule has 0 spiro atoms. The fourth-order valence-electron chi connectivity index (χ4n) is 0.766. The van der Waals surface area contributed by atoms with E-state index in [9.17, 15) is 0 Å². The van der Waals surface area contributed by atoms with E-state index in [0.29, 0.717) is 11.3 Å². The number of rotatable bonds is 4. The zero-order valence-corrected chi connectivity index (χ0v) is 10.4. The van der Waals surface area contributed by atoms with Crippen molar-refractivity contribution in [1.82, 2.24) is 0 Å². The highest BCUT2D eigenvalue weighted by molar-refractivity contribution is 4.81. The lowest BCUT2D eigenvalue weighted by molar-refractivity contribution is -0.00926. The van der Waals surface area contributed by atoms with E-state index in [2.05, 4.69) is 48.5 Å². The molecule has 0 aromatic carbocycles. The van der Waals surface area contributed by atoms with Crippen molar-refractivity contribution in [1.29, 1.82) is 0 Å². The van der Waals surface area contributed by atoms with Crippen LogP contribution in [0, 0.1) is 16.7 Å². The summed E-state index contributed by atoms with van der Waals surface area (Å²) >= 11 is 0. The van der Waals surface area contributed by atoms with Crippen LogP contribution in [0.1, 0.15) is 48.5 Å². The molecule has 0 aromatic heterocycles. The van der Waals surface area contributed by atoms with E-state index in [1.807, 2.05) is 0 Å². The van der Waals surface area contributed by atoms with E-state index in [1.165, 1.54) is 0 Å². The molecule has 0 bridgehead atoms. The maximum Gasteiger partial charge on any atom is 0.0522 e. The molecular formula is C12H26O. The summed E-state index contributed by atoms with van der Waals surface area (Å²) in [6, 6.07) is 0. The van der Waals surface area contributed by atoms with Gasteiger partial charge in [-0.15, -0.1) is 0 Å². The van der Waals surface area contributed by atoms with Gasteiger partial charge in [0.25, 0.3) is 0 Å². The van der Waals surface area contributed by atoms with Crippen molar-refractivity contribution in [3.05, 3.63) is 0 Å². The van der Waals surface area contributed by atoms with Gasteiger partial charge in [0.05, 0.1) is 6.61 Å². The molecule has 0 aliphatic heterocycles. The standard InChI is InChI=1S/C12H26O/c1-10(2)8-13-9-12(6,7)11(3,4)5/h10H,8-9H2,1-7H3. The second kappa shape index (κ2) is 4.45.